The number of anilines is 1. The monoisotopic (exact) mass is 833 g/mol. The molecule has 0 spiro atoms. The first-order chi connectivity index (χ1) is 28.5. The number of carbonyl (C=O) groups is 1. The number of amides is 1. The number of hydrogen-bond acceptors (Lipinski definition) is 11. The lowest BCUT2D eigenvalue weighted by molar-refractivity contribution is -0.190. The maximum atomic E-state index is 15.1. The SMILES string of the molecule is CCOP(=O)(OCC)[C@]1(c2ccccc2)O[C@@H]2[C@H](O1)[C@@H](CO[Si](c1ccccc1)(c1ccccc1)C(C)(C)C)O[C@H]2n1cnc2c(NC(=O)c3ccccc3)ncnc21. The largest absolute Gasteiger partial charge is 0.405 e. The summed E-state index contributed by atoms with van der Waals surface area (Å²) < 4.78 is 57.3. The van der Waals surface area contributed by atoms with E-state index in [4.69, 9.17) is 27.7 Å². The van der Waals surface area contributed by atoms with Crippen LogP contribution in [0.25, 0.3) is 11.2 Å². The molecule has 2 aliphatic rings. The second kappa shape index (κ2) is 16.6. The molecule has 59 heavy (non-hydrogen) atoms. The minimum absolute atomic E-state index is 0.0782. The maximum absolute atomic E-state index is 15.1. The number of benzene rings is 4. The average molecular weight is 834 g/mol. The maximum Gasteiger partial charge on any atom is 0.394 e. The Bertz CT molecular complexity index is 2370. The molecule has 0 bridgehead atoms. The highest BCUT2D eigenvalue weighted by Gasteiger charge is 2.68. The Balaban J connectivity index is 1.23. The number of fused-ring (bicyclic) bond motifs is 2. The zero-order valence-corrected chi connectivity index (χ0v) is 35.5. The molecular formula is C44H48N5O8PSi. The van der Waals surface area contributed by atoms with Gasteiger partial charge in [0, 0.05) is 11.1 Å². The van der Waals surface area contributed by atoms with Crippen LogP contribution < -0.4 is 15.7 Å². The van der Waals surface area contributed by atoms with Crippen LogP contribution >= 0.6 is 7.60 Å². The highest BCUT2D eigenvalue weighted by atomic mass is 31.2. The van der Waals surface area contributed by atoms with E-state index in [1.165, 1.54) is 6.33 Å². The first kappa shape index (κ1) is 40.9. The summed E-state index contributed by atoms with van der Waals surface area (Å²) in [5, 5.41) is 4.76. The molecule has 306 valence electrons. The quantitative estimate of drug-likeness (QED) is 0.0865. The molecule has 0 aliphatic carbocycles. The van der Waals surface area contributed by atoms with E-state index in [9.17, 15) is 4.79 Å². The summed E-state index contributed by atoms with van der Waals surface area (Å²) in [5.74, 6) is -0.122. The normalized spacial score (nSPS) is 22.1. The zero-order chi connectivity index (χ0) is 41.3. The van der Waals surface area contributed by atoms with Crippen molar-refractivity contribution in [3.8, 4) is 0 Å². The molecule has 2 saturated heterocycles. The highest BCUT2D eigenvalue weighted by Crippen LogP contribution is 2.70. The van der Waals surface area contributed by atoms with Gasteiger partial charge in [-0.2, -0.15) is 0 Å². The third-order valence-corrected chi connectivity index (χ3v) is 18.1. The van der Waals surface area contributed by atoms with Crippen LogP contribution in [0.2, 0.25) is 5.04 Å². The van der Waals surface area contributed by atoms with Crippen LogP contribution in [-0.2, 0) is 37.8 Å². The van der Waals surface area contributed by atoms with E-state index < -0.39 is 46.0 Å². The fraction of sp³-hybridized carbons (Fsp3) is 0.318. The lowest BCUT2D eigenvalue weighted by Crippen LogP contribution is -2.67. The molecule has 2 fully saturated rings. The van der Waals surface area contributed by atoms with Crippen LogP contribution in [0.15, 0.2) is 134 Å². The van der Waals surface area contributed by atoms with E-state index in [1.54, 1.807) is 61.1 Å². The second-order valence-corrected chi connectivity index (χ2v) is 21.8. The van der Waals surface area contributed by atoms with Crippen molar-refractivity contribution in [1.82, 2.24) is 19.5 Å². The molecule has 1 amide bonds. The first-order valence-electron chi connectivity index (χ1n) is 19.8. The Labute approximate surface area is 344 Å². The van der Waals surface area contributed by atoms with Gasteiger partial charge in [-0.25, -0.2) is 15.0 Å². The molecule has 0 unspecified atom stereocenters. The molecule has 8 rings (SSSR count). The van der Waals surface area contributed by atoms with Crippen molar-refractivity contribution in [2.75, 3.05) is 25.1 Å². The Morgan fingerprint density at radius 3 is 1.93 bits per heavy atom. The number of hydrogen-bond donors (Lipinski definition) is 1. The molecule has 2 aromatic heterocycles. The van der Waals surface area contributed by atoms with Crippen LogP contribution in [0.5, 0.6) is 0 Å². The van der Waals surface area contributed by atoms with Gasteiger partial charge in [0.05, 0.1) is 26.1 Å². The minimum atomic E-state index is -4.21. The van der Waals surface area contributed by atoms with Gasteiger partial charge in [0.25, 0.3) is 14.2 Å². The van der Waals surface area contributed by atoms with Crippen LogP contribution in [0, 0.1) is 0 Å². The van der Waals surface area contributed by atoms with Crippen molar-refractivity contribution in [3.63, 3.8) is 0 Å². The van der Waals surface area contributed by atoms with Crippen LogP contribution in [0.4, 0.5) is 5.82 Å². The van der Waals surface area contributed by atoms with Crippen molar-refractivity contribution in [3.05, 3.63) is 145 Å². The number of imidazole rings is 1. The van der Waals surface area contributed by atoms with E-state index in [0.29, 0.717) is 22.3 Å². The van der Waals surface area contributed by atoms with Crippen LogP contribution in [-0.4, -0.2) is 71.9 Å². The topological polar surface area (TPSA) is 145 Å². The Kier molecular flexibility index (Phi) is 11.5. The summed E-state index contributed by atoms with van der Waals surface area (Å²) in [4.78, 5) is 26.9. The fourth-order valence-corrected chi connectivity index (χ4v) is 14.8. The Morgan fingerprint density at radius 1 is 0.797 bits per heavy atom. The summed E-state index contributed by atoms with van der Waals surface area (Å²) in [6.45, 7) is 10.4. The summed E-state index contributed by atoms with van der Waals surface area (Å²) in [5.41, 5.74) is -0.321. The Morgan fingerprint density at radius 2 is 1.36 bits per heavy atom. The molecule has 5 atom stereocenters. The predicted octanol–water partition coefficient (Wildman–Crippen LogP) is 7.41. The van der Waals surface area contributed by atoms with E-state index >= 15 is 4.57 Å². The molecule has 6 aromatic rings. The standard InChI is InChI=1S/C44H48N5O8PSi/c1-6-52-58(51,53-7-2)44(32-22-14-9-15-23-32)56-37-35(28-54-59(43(3,4)5,33-24-16-10-17-25-33)34-26-18-11-19-27-34)55-42(38(37)57-44)49-30-47-36-39(45-29-46-40(36)49)48-41(50)31-20-12-8-13-21-31/h8-27,29-30,35,37-38,42H,6-7,28H2,1-5H3,(H,45,46,48,50)/t35-,37-,38-,42-,44+/m1/s1. The third kappa shape index (κ3) is 7.27. The predicted molar refractivity (Wildman–Crippen MR) is 226 cm³/mol. The third-order valence-electron chi connectivity index (χ3n) is 10.8. The smallest absolute Gasteiger partial charge is 0.394 e. The van der Waals surface area contributed by atoms with Gasteiger partial charge in [-0.05, 0) is 41.4 Å². The van der Waals surface area contributed by atoms with E-state index in [2.05, 4.69) is 65.3 Å². The van der Waals surface area contributed by atoms with Gasteiger partial charge in [-0.1, -0.05) is 130 Å². The van der Waals surface area contributed by atoms with Gasteiger partial charge in [0.1, 0.15) is 24.6 Å². The number of aromatic nitrogens is 4. The molecule has 4 heterocycles. The van der Waals surface area contributed by atoms with E-state index in [1.807, 2.05) is 60.7 Å². The van der Waals surface area contributed by atoms with Crippen molar-refractivity contribution >= 4 is 49.2 Å². The van der Waals surface area contributed by atoms with Gasteiger partial charge in [-0.15, -0.1) is 0 Å². The van der Waals surface area contributed by atoms with Gasteiger partial charge in [-0.3, -0.25) is 13.9 Å². The number of carbonyl (C=O) groups excluding carboxylic acids is 1. The second-order valence-electron chi connectivity index (χ2n) is 15.4. The van der Waals surface area contributed by atoms with Gasteiger partial charge >= 0.3 is 13.1 Å². The van der Waals surface area contributed by atoms with Gasteiger partial charge in [0.2, 0.25) is 0 Å². The van der Waals surface area contributed by atoms with Crippen molar-refractivity contribution in [2.45, 2.75) is 69.7 Å². The molecule has 15 heteroatoms. The lowest BCUT2D eigenvalue weighted by Gasteiger charge is -2.43. The molecule has 1 N–H and O–H groups in total. The van der Waals surface area contributed by atoms with Crippen LogP contribution in [0.1, 0.15) is 56.8 Å². The molecule has 0 radical (unpaired) electrons. The molecular weight excluding hydrogens is 786 g/mol. The molecule has 13 nitrogen and oxygen atoms in total. The van der Waals surface area contributed by atoms with E-state index in [0.717, 1.165) is 10.4 Å². The molecule has 4 aromatic carbocycles. The highest BCUT2D eigenvalue weighted by molar-refractivity contribution is 7.54. The first-order valence-corrected chi connectivity index (χ1v) is 23.2. The average Bonchev–Trinajstić information content (AvgIpc) is 3.96. The lowest BCUT2D eigenvalue weighted by atomic mass is 10.1. The Hall–Kier alpha value is -4.89. The van der Waals surface area contributed by atoms with Gasteiger partial charge < -0.3 is 33.0 Å². The zero-order valence-electron chi connectivity index (χ0n) is 33.6. The summed E-state index contributed by atoms with van der Waals surface area (Å²) in [7, 11) is -7.27. The van der Waals surface area contributed by atoms with Crippen LogP contribution in [0.3, 0.4) is 0 Å². The molecule has 0 saturated carbocycles. The molecule has 2 aliphatic heterocycles. The summed E-state index contributed by atoms with van der Waals surface area (Å²) >= 11 is 0. The summed E-state index contributed by atoms with van der Waals surface area (Å²) in [6, 6.07) is 38.6. The van der Waals surface area contributed by atoms with Crippen molar-refractivity contribution in [2.24, 2.45) is 0 Å². The minimum Gasteiger partial charge on any atom is -0.405 e. The summed E-state index contributed by atoms with van der Waals surface area (Å²) in [6.07, 6.45) is -0.494. The number of nitrogens with zero attached hydrogens (tertiary/aromatic N) is 4. The van der Waals surface area contributed by atoms with Gasteiger partial charge in [0.15, 0.2) is 23.2 Å². The number of rotatable bonds is 14. The fourth-order valence-electron chi connectivity index (χ4n) is 8.22. The van der Waals surface area contributed by atoms with Crippen molar-refractivity contribution < 1.29 is 37.0 Å². The number of ether oxygens (including phenoxy) is 3. The van der Waals surface area contributed by atoms with Crippen molar-refractivity contribution in [1.29, 1.82) is 0 Å². The number of nitrogens with one attached hydrogen (secondary N) is 1. The van der Waals surface area contributed by atoms with E-state index in [-0.39, 0.29) is 36.6 Å².